The number of rotatable bonds is 4. The Hall–Kier alpha value is -1.46. The van der Waals surface area contributed by atoms with Crippen molar-refractivity contribution in [2.45, 2.75) is 19.8 Å². The van der Waals surface area contributed by atoms with Crippen LogP contribution in [0.2, 0.25) is 0 Å². The molecule has 2 heterocycles. The predicted molar refractivity (Wildman–Crippen MR) is 74.0 cm³/mol. The molecule has 0 atom stereocenters. The highest BCUT2D eigenvalue weighted by atomic mass is 16.5. The first-order valence-corrected chi connectivity index (χ1v) is 6.60. The van der Waals surface area contributed by atoms with E-state index in [4.69, 9.17) is 4.74 Å². The number of carbonyl (C=O) groups excluding carboxylic acids is 1. The quantitative estimate of drug-likeness (QED) is 0.860. The van der Waals surface area contributed by atoms with Crippen LogP contribution in [0.4, 0.5) is 5.69 Å². The van der Waals surface area contributed by atoms with Gasteiger partial charge in [-0.05, 0) is 45.0 Å². The molecule has 104 valence electrons. The van der Waals surface area contributed by atoms with Gasteiger partial charge in [0.2, 0.25) is 5.91 Å². The molecule has 0 aromatic carbocycles. The third-order valence-electron chi connectivity index (χ3n) is 3.63. The summed E-state index contributed by atoms with van der Waals surface area (Å²) >= 11 is 0. The number of piperidine rings is 1. The van der Waals surface area contributed by atoms with E-state index in [0.29, 0.717) is 6.61 Å². The molecule has 5 nitrogen and oxygen atoms in total. The van der Waals surface area contributed by atoms with Crippen LogP contribution in [0.25, 0.3) is 0 Å². The van der Waals surface area contributed by atoms with Crippen molar-refractivity contribution in [2.75, 3.05) is 32.1 Å². The van der Waals surface area contributed by atoms with Crippen LogP contribution in [0.1, 0.15) is 18.5 Å². The number of aromatic nitrogens is 1. The SMILES string of the molecule is COCC1(C(=O)Nc2ccc(C)nc2)CCNCC1. The number of anilines is 1. The van der Waals surface area contributed by atoms with Crippen LogP contribution < -0.4 is 10.6 Å². The van der Waals surface area contributed by atoms with Crippen molar-refractivity contribution < 1.29 is 9.53 Å². The first-order chi connectivity index (χ1) is 9.16. The van der Waals surface area contributed by atoms with E-state index in [-0.39, 0.29) is 5.91 Å². The van der Waals surface area contributed by atoms with Crippen LogP contribution in [0.15, 0.2) is 18.3 Å². The Morgan fingerprint density at radius 1 is 1.47 bits per heavy atom. The number of pyridine rings is 1. The van der Waals surface area contributed by atoms with Crippen molar-refractivity contribution >= 4 is 11.6 Å². The number of hydrogen-bond acceptors (Lipinski definition) is 4. The third-order valence-corrected chi connectivity index (χ3v) is 3.63. The van der Waals surface area contributed by atoms with Gasteiger partial charge in [0.25, 0.3) is 0 Å². The summed E-state index contributed by atoms with van der Waals surface area (Å²) in [6, 6.07) is 3.77. The van der Waals surface area contributed by atoms with E-state index in [1.54, 1.807) is 13.3 Å². The molecule has 0 bridgehead atoms. The second-order valence-electron chi connectivity index (χ2n) is 5.11. The summed E-state index contributed by atoms with van der Waals surface area (Å²) in [5.41, 5.74) is 1.25. The molecule has 0 aliphatic carbocycles. The fourth-order valence-electron chi connectivity index (χ4n) is 2.42. The van der Waals surface area contributed by atoms with Gasteiger partial charge in [0, 0.05) is 12.8 Å². The summed E-state index contributed by atoms with van der Waals surface area (Å²) in [7, 11) is 1.64. The lowest BCUT2D eigenvalue weighted by Gasteiger charge is -2.35. The molecule has 1 amide bonds. The average molecular weight is 263 g/mol. The second-order valence-corrected chi connectivity index (χ2v) is 5.11. The standard InChI is InChI=1S/C14H21N3O2/c1-11-3-4-12(9-16-11)17-13(18)14(10-19-2)5-7-15-8-6-14/h3-4,9,15H,5-8,10H2,1-2H3,(H,17,18). The highest BCUT2D eigenvalue weighted by Crippen LogP contribution is 2.30. The fourth-order valence-corrected chi connectivity index (χ4v) is 2.42. The molecular weight excluding hydrogens is 242 g/mol. The van der Waals surface area contributed by atoms with Crippen LogP contribution in [-0.4, -0.2) is 37.7 Å². The Kier molecular flexibility index (Phi) is 4.50. The van der Waals surface area contributed by atoms with Crippen LogP contribution >= 0.6 is 0 Å². The first-order valence-electron chi connectivity index (χ1n) is 6.60. The number of hydrogen-bond donors (Lipinski definition) is 2. The number of methoxy groups -OCH3 is 1. The van der Waals surface area contributed by atoms with Crippen LogP contribution in [-0.2, 0) is 9.53 Å². The maximum absolute atomic E-state index is 12.5. The van der Waals surface area contributed by atoms with Gasteiger partial charge >= 0.3 is 0 Å². The number of amides is 1. The molecule has 2 rings (SSSR count). The maximum atomic E-state index is 12.5. The van der Waals surface area contributed by atoms with Gasteiger partial charge in [0.05, 0.1) is 23.9 Å². The topological polar surface area (TPSA) is 63.2 Å². The lowest BCUT2D eigenvalue weighted by molar-refractivity contribution is -0.130. The van der Waals surface area contributed by atoms with E-state index in [0.717, 1.165) is 37.3 Å². The van der Waals surface area contributed by atoms with Crippen LogP contribution in [0.5, 0.6) is 0 Å². The van der Waals surface area contributed by atoms with Crippen molar-refractivity contribution in [3.8, 4) is 0 Å². The minimum absolute atomic E-state index is 0.0292. The number of aryl methyl sites for hydroxylation is 1. The summed E-state index contributed by atoms with van der Waals surface area (Å²) in [4.78, 5) is 16.7. The van der Waals surface area contributed by atoms with Gasteiger partial charge in [-0.25, -0.2) is 0 Å². The van der Waals surface area contributed by atoms with Crippen molar-refractivity contribution in [2.24, 2.45) is 5.41 Å². The fraction of sp³-hybridized carbons (Fsp3) is 0.571. The Morgan fingerprint density at radius 2 is 2.21 bits per heavy atom. The van der Waals surface area contributed by atoms with Crippen molar-refractivity contribution in [3.63, 3.8) is 0 Å². The van der Waals surface area contributed by atoms with E-state index in [1.807, 2.05) is 19.1 Å². The maximum Gasteiger partial charge on any atom is 0.233 e. The lowest BCUT2D eigenvalue weighted by Crippen LogP contribution is -2.47. The summed E-state index contributed by atoms with van der Waals surface area (Å²) in [6.45, 7) is 4.08. The van der Waals surface area contributed by atoms with Crippen LogP contribution in [0.3, 0.4) is 0 Å². The molecule has 1 aliphatic rings. The van der Waals surface area contributed by atoms with Gasteiger partial charge in [0.15, 0.2) is 0 Å². The first kappa shape index (κ1) is 14.0. The largest absolute Gasteiger partial charge is 0.384 e. The average Bonchev–Trinajstić information content (AvgIpc) is 2.43. The van der Waals surface area contributed by atoms with E-state index in [1.165, 1.54) is 0 Å². The molecule has 1 aliphatic heterocycles. The zero-order valence-electron chi connectivity index (χ0n) is 11.5. The number of ether oxygens (including phenoxy) is 1. The molecule has 0 unspecified atom stereocenters. The zero-order chi connectivity index (χ0) is 13.7. The summed E-state index contributed by atoms with van der Waals surface area (Å²) in [5, 5.41) is 6.23. The molecule has 0 radical (unpaired) electrons. The van der Waals surface area contributed by atoms with Crippen molar-refractivity contribution in [3.05, 3.63) is 24.0 Å². The van der Waals surface area contributed by atoms with Crippen molar-refractivity contribution in [1.29, 1.82) is 0 Å². The third kappa shape index (κ3) is 3.30. The number of nitrogens with zero attached hydrogens (tertiary/aromatic N) is 1. The molecule has 5 heteroatoms. The Bertz CT molecular complexity index is 419. The van der Waals surface area contributed by atoms with Gasteiger partial charge in [-0.1, -0.05) is 0 Å². The number of carbonyl (C=O) groups is 1. The Morgan fingerprint density at radius 3 is 2.79 bits per heavy atom. The molecule has 0 saturated carbocycles. The summed E-state index contributed by atoms with van der Waals surface area (Å²) in [5.74, 6) is 0.0292. The molecule has 1 saturated heterocycles. The Labute approximate surface area is 113 Å². The molecule has 1 aromatic heterocycles. The molecule has 19 heavy (non-hydrogen) atoms. The van der Waals surface area contributed by atoms with E-state index in [9.17, 15) is 4.79 Å². The van der Waals surface area contributed by atoms with Crippen molar-refractivity contribution in [1.82, 2.24) is 10.3 Å². The van der Waals surface area contributed by atoms with E-state index < -0.39 is 5.41 Å². The highest BCUT2D eigenvalue weighted by Gasteiger charge is 2.39. The smallest absolute Gasteiger partial charge is 0.233 e. The predicted octanol–water partition coefficient (Wildman–Crippen LogP) is 1.34. The van der Waals surface area contributed by atoms with Gasteiger partial charge < -0.3 is 15.4 Å². The molecule has 1 aromatic rings. The number of nitrogens with one attached hydrogen (secondary N) is 2. The molecular formula is C14H21N3O2. The zero-order valence-corrected chi connectivity index (χ0v) is 11.5. The summed E-state index contributed by atoms with van der Waals surface area (Å²) in [6.07, 6.45) is 3.28. The normalized spacial score (nSPS) is 18.0. The van der Waals surface area contributed by atoms with Gasteiger partial charge in [-0.2, -0.15) is 0 Å². The molecule has 0 spiro atoms. The minimum Gasteiger partial charge on any atom is -0.384 e. The highest BCUT2D eigenvalue weighted by molar-refractivity contribution is 5.95. The monoisotopic (exact) mass is 263 g/mol. The van der Waals surface area contributed by atoms with E-state index >= 15 is 0 Å². The van der Waals surface area contributed by atoms with Gasteiger partial charge in [-0.15, -0.1) is 0 Å². The van der Waals surface area contributed by atoms with Crippen LogP contribution in [0, 0.1) is 12.3 Å². The molecule has 1 fully saturated rings. The Balaban J connectivity index is 2.09. The second kappa shape index (κ2) is 6.12. The molecule has 2 N–H and O–H groups in total. The summed E-state index contributed by atoms with van der Waals surface area (Å²) < 4.78 is 5.26. The van der Waals surface area contributed by atoms with Gasteiger partial charge in [-0.3, -0.25) is 9.78 Å². The lowest BCUT2D eigenvalue weighted by atomic mass is 9.78. The minimum atomic E-state index is -0.426. The van der Waals surface area contributed by atoms with E-state index in [2.05, 4.69) is 15.6 Å². The van der Waals surface area contributed by atoms with Gasteiger partial charge in [0.1, 0.15) is 0 Å².